The number of non-ortho nitro benzene ring substituents is 2. The summed E-state index contributed by atoms with van der Waals surface area (Å²) in [6, 6.07) is 23.7. The molecule has 0 atom stereocenters. The second kappa shape index (κ2) is 9.62. The lowest BCUT2D eigenvalue weighted by Crippen LogP contribution is -1.88. The summed E-state index contributed by atoms with van der Waals surface area (Å²) < 4.78 is 0. The lowest BCUT2D eigenvalue weighted by Gasteiger charge is -2.10. The molecule has 0 spiro atoms. The van der Waals surface area contributed by atoms with Gasteiger partial charge in [-0.3, -0.25) is 20.2 Å². The van der Waals surface area contributed by atoms with Gasteiger partial charge in [-0.1, -0.05) is 47.1 Å². The minimum Gasteiger partial charge on any atom is -0.258 e. The average molecular weight is 497 g/mol. The van der Waals surface area contributed by atoms with Gasteiger partial charge in [-0.05, 0) is 70.8 Å². The van der Waals surface area contributed by atoms with Crippen molar-refractivity contribution >= 4 is 46.3 Å². The first kappa shape index (κ1) is 22.8. The molecule has 0 amide bonds. The van der Waals surface area contributed by atoms with Crippen LogP contribution in [0.4, 0.5) is 11.4 Å². The maximum Gasteiger partial charge on any atom is 0.269 e. The van der Waals surface area contributed by atoms with Crippen molar-refractivity contribution in [3.05, 3.63) is 115 Å². The van der Waals surface area contributed by atoms with E-state index < -0.39 is 9.85 Å². The van der Waals surface area contributed by atoms with Crippen molar-refractivity contribution < 1.29 is 9.85 Å². The van der Waals surface area contributed by atoms with Crippen molar-refractivity contribution in [2.45, 2.75) is 9.79 Å². The molecule has 164 valence electrons. The first-order valence-corrected chi connectivity index (χ1v) is 11.2. The van der Waals surface area contributed by atoms with Crippen LogP contribution in [0.15, 0.2) is 94.7 Å². The molecule has 0 bridgehead atoms. The summed E-state index contributed by atoms with van der Waals surface area (Å²) in [5.74, 6) is 0. The zero-order chi connectivity index (χ0) is 23.5. The number of halogens is 2. The van der Waals surface area contributed by atoms with E-state index in [1.54, 1.807) is 24.3 Å². The molecule has 4 rings (SSSR count). The molecule has 0 unspecified atom stereocenters. The number of rotatable bonds is 6. The Balaban J connectivity index is 1.54. The average Bonchev–Trinajstić information content (AvgIpc) is 2.81. The number of hydrogen-bond acceptors (Lipinski definition) is 5. The van der Waals surface area contributed by atoms with Crippen LogP contribution in [0.5, 0.6) is 0 Å². The van der Waals surface area contributed by atoms with E-state index in [4.69, 9.17) is 23.2 Å². The zero-order valence-corrected chi connectivity index (χ0v) is 19.1. The lowest BCUT2D eigenvalue weighted by atomic mass is 10.1. The normalized spacial score (nSPS) is 10.7. The van der Waals surface area contributed by atoms with Crippen molar-refractivity contribution in [2.75, 3.05) is 0 Å². The maximum absolute atomic E-state index is 10.8. The first-order valence-electron chi connectivity index (χ1n) is 9.58. The van der Waals surface area contributed by atoms with Gasteiger partial charge in [-0.25, -0.2) is 0 Å². The molecule has 0 aliphatic carbocycles. The van der Waals surface area contributed by atoms with Gasteiger partial charge in [0, 0.05) is 34.1 Å². The van der Waals surface area contributed by atoms with E-state index in [-0.39, 0.29) is 11.4 Å². The third kappa shape index (κ3) is 5.17. The highest BCUT2D eigenvalue weighted by atomic mass is 35.5. The van der Waals surface area contributed by atoms with Gasteiger partial charge in [0.2, 0.25) is 0 Å². The summed E-state index contributed by atoms with van der Waals surface area (Å²) in [6.07, 6.45) is 0. The molecule has 0 fully saturated rings. The Morgan fingerprint density at radius 2 is 0.879 bits per heavy atom. The number of hydrogen-bond donors (Lipinski definition) is 0. The van der Waals surface area contributed by atoms with Gasteiger partial charge in [-0.2, -0.15) is 0 Å². The third-order valence-corrected chi connectivity index (χ3v) is 6.91. The zero-order valence-electron chi connectivity index (χ0n) is 16.8. The van der Waals surface area contributed by atoms with E-state index in [9.17, 15) is 20.2 Å². The van der Waals surface area contributed by atoms with Crippen molar-refractivity contribution in [3.63, 3.8) is 0 Å². The van der Waals surface area contributed by atoms with Crippen molar-refractivity contribution in [1.82, 2.24) is 0 Å². The lowest BCUT2D eigenvalue weighted by molar-refractivity contribution is -0.385. The van der Waals surface area contributed by atoms with Gasteiger partial charge < -0.3 is 0 Å². The van der Waals surface area contributed by atoms with Gasteiger partial charge in [0.05, 0.1) is 19.9 Å². The molecule has 0 heterocycles. The van der Waals surface area contributed by atoms with Crippen LogP contribution in [0.25, 0.3) is 22.3 Å². The van der Waals surface area contributed by atoms with E-state index in [0.717, 1.165) is 32.0 Å². The van der Waals surface area contributed by atoms with Gasteiger partial charge in [0.15, 0.2) is 0 Å². The fourth-order valence-electron chi connectivity index (χ4n) is 3.20. The summed E-state index contributed by atoms with van der Waals surface area (Å²) in [6.45, 7) is 0. The van der Waals surface area contributed by atoms with Crippen LogP contribution < -0.4 is 0 Å². The molecule has 6 nitrogen and oxygen atoms in total. The van der Waals surface area contributed by atoms with Gasteiger partial charge in [0.1, 0.15) is 0 Å². The smallest absolute Gasteiger partial charge is 0.258 e. The van der Waals surface area contributed by atoms with Gasteiger partial charge in [0.25, 0.3) is 11.4 Å². The monoisotopic (exact) mass is 496 g/mol. The topological polar surface area (TPSA) is 86.3 Å². The Bertz CT molecular complexity index is 1260. The van der Waals surface area contributed by atoms with Crippen LogP contribution >= 0.6 is 35.0 Å². The van der Waals surface area contributed by atoms with Crippen molar-refractivity contribution in [2.24, 2.45) is 0 Å². The molecule has 4 aromatic carbocycles. The Labute approximate surface area is 203 Å². The van der Waals surface area contributed by atoms with Gasteiger partial charge in [-0.15, -0.1) is 0 Å². The highest BCUT2D eigenvalue weighted by molar-refractivity contribution is 7.99. The van der Waals surface area contributed by atoms with E-state index in [1.165, 1.54) is 36.0 Å². The largest absolute Gasteiger partial charge is 0.269 e. The van der Waals surface area contributed by atoms with Crippen LogP contribution in [0.3, 0.4) is 0 Å². The molecular weight excluding hydrogens is 483 g/mol. The summed E-state index contributed by atoms with van der Waals surface area (Å²) in [5.41, 5.74) is 3.40. The Kier molecular flexibility index (Phi) is 6.65. The van der Waals surface area contributed by atoms with Crippen molar-refractivity contribution in [3.8, 4) is 22.3 Å². The molecule has 4 aromatic rings. The minimum atomic E-state index is -0.437. The van der Waals surface area contributed by atoms with Crippen LogP contribution in [0, 0.1) is 20.2 Å². The predicted octanol–water partition coefficient (Wildman–Crippen LogP) is 8.30. The quantitative estimate of drug-likeness (QED) is 0.198. The fraction of sp³-hybridized carbons (Fsp3) is 0. The second-order valence-corrected chi connectivity index (χ2v) is 8.90. The molecule has 0 saturated carbocycles. The second-order valence-electron chi connectivity index (χ2n) is 7.00. The summed E-state index contributed by atoms with van der Waals surface area (Å²) >= 11 is 14.4. The van der Waals surface area contributed by atoms with E-state index in [2.05, 4.69) is 0 Å². The highest BCUT2D eigenvalue weighted by Gasteiger charge is 2.12. The fourth-order valence-corrected chi connectivity index (χ4v) is 4.61. The Morgan fingerprint density at radius 3 is 1.18 bits per heavy atom. The van der Waals surface area contributed by atoms with Crippen molar-refractivity contribution in [1.29, 1.82) is 0 Å². The van der Waals surface area contributed by atoms with Crippen LogP contribution in [-0.4, -0.2) is 9.85 Å². The molecular formula is C24H14Cl2N2O4S. The van der Waals surface area contributed by atoms with E-state index >= 15 is 0 Å². The number of nitro groups is 2. The molecule has 0 saturated heterocycles. The molecule has 0 radical (unpaired) electrons. The summed E-state index contributed by atoms with van der Waals surface area (Å²) in [5, 5.41) is 22.7. The standard InChI is InChI=1S/C24H14Cl2N2O4S/c25-21-13-17(15-1-7-19(8-2-15)27(29)30)5-11-23(21)33-24-12-6-18(14-22(24)26)16-3-9-20(10-4-16)28(31)32/h1-14H. The van der Waals surface area contributed by atoms with E-state index in [0.29, 0.717) is 10.0 Å². The number of nitrogens with zero attached hydrogens (tertiary/aromatic N) is 2. The molecule has 0 N–H and O–H groups in total. The molecule has 33 heavy (non-hydrogen) atoms. The van der Waals surface area contributed by atoms with E-state index in [1.807, 2.05) is 36.4 Å². The summed E-state index contributed by atoms with van der Waals surface area (Å²) in [7, 11) is 0. The first-order chi connectivity index (χ1) is 15.8. The number of nitro benzene ring substituents is 2. The summed E-state index contributed by atoms with van der Waals surface area (Å²) in [4.78, 5) is 22.4. The molecule has 9 heteroatoms. The van der Waals surface area contributed by atoms with Crippen LogP contribution in [-0.2, 0) is 0 Å². The SMILES string of the molecule is O=[N+]([O-])c1ccc(-c2ccc(Sc3ccc(-c4ccc([N+](=O)[O-])cc4)cc3Cl)c(Cl)c2)cc1. The molecule has 0 aromatic heterocycles. The van der Waals surface area contributed by atoms with Crippen LogP contribution in [0.1, 0.15) is 0 Å². The van der Waals surface area contributed by atoms with Crippen LogP contribution in [0.2, 0.25) is 10.0 Å². The number of benzene rings is 4. The molecule has 0 aliphatic heterocycles. The Hall–Kier alpha value is -3.39. The van der Waals surface area contributed by atoms with Gasteiger partial charge >= 0.3 is 0 Å². The Morgan fingerprint density at radius 1 is 0.545 bits per heavy atom. The third-order valence-electron chi connectivity index (χ3n) is 4.91. The predicted molar refractivity (Wildman–Crippen MR) is 131 cm³/mol. The highest BCUT2D eigenvalue weighted by Crippen LogP contribution is 2.40. The molecule has 0 aliphatic rings. The minimum absolute atomic E-state index is 0.0313. The maximum atomic E-state index is 10.8.